The first-order chi connectivity index (χ1) is 8.10. The summed E-state index contributed by atoms with van der Waals surface area (Å²) in [7, 11) is 0. The van der Waals surface area contributed by atoms with Crippen LogP contribution < -0.4 is 4.74 Å². The molecule has 2 aromatic rings. The van der Waals surface area contributed by atoms with Crippen LogP contribution in [0.25, 0.3) is 0 Å². The summed E-state index contributed by atoms with van der Waals surface area (Å²) in [5, 5.41) is 9.77. The monoisotopic (exact) mass is 269 g/mol. The van der Waals surface area contributed by atoms with Gasteiger partial charge in [0.2, 0.25) is 0 Å². The Hall–Kier alpha value is -1.10. The van der Waals surface area contributed by atoms with Crippen molar-refractivity contribution in [2.75, 3.05) is 0 Å². The van der Waals surface area contributed by atoms with Crippen molar-refractivity contribution >= 4 is 22.9 Å². The molecule has 1 N–H and O–H groups in total. The van der Waals surface area contributed by atoms with Gasteiger partial charge in [-0.1, -0.05) is 40.6 Å². The predicted octanol–water partition coefficient (Wildman–Crippen LogP) is 3.70. The van der Waals surface area contributed by atoms with E-state index in [1.54, 1.807) is 0 Å². The van der Waals surface area contributed by atoms with Crippen molar-refractivity contribution in [1.82, 2.24) is 4.98 Å². The van der Waals surface area contributed by atoms with Crippen molar-refractivity contribution in [3.8, 4) is 10.9 Å². The maximum absolute atomic E-state index is 9.02. The maximum atomic E-state index is 9.02. The molecule has 1 heterocycles. The van der Waals surface area contributed by atoms with E-state index in [0.29, 0.717) is 15.2 Å². The average Bonchev–Trinajstić information content (AvgIpc) is 2.63. The maximum Gasteiger partial charge on any atom is 0.280 e. The van der Waals surface area contributed by atoms with Crippen LogP contribution in [-0.2, 0) is 6.61 Å². The summed E-state index contributed by atoms with van der Waals surface area (Å²) in [5.74, 6) is 0.755. The van der Waals surface area contributed by atoms with Crippen LogP contribution in [0.3, 0.4) is 0 Å². The highest BCUT2D eigenvalue weighted by atomic mass is 35.5. The van der Waals surface area contributed by atoms with Crippen LogP contribution >= 0.6 is 22.9 Å². The van der Waals surface area contributed by atoms with Gasteiger partial charge < -0.3 is 9.84 Å². The van der Waals surface area contributed by atoms with Crippen LogP contribution in [0.1, 0.15) is 16.0 Å². The Kier molecular flexibility index (Phi) is 3.66. The van der Waals surface area contributed by atoms with E-state index in [9.17, 15) is 0 Å². The first-order valence-corrected chi connectivity index (χ1v) is 6.30. The number of benzene rings is 1. The molecule has 0 atom stereocenters. The lowest BCUT2D eigenvalue weighted by atomic mass is 10.1. The molecule has 0 unspecified atom stereocenters. The Morgan fingerprint density at radius 2 is 2.18 bits per heavy atom. The number of ether oxygens (including phenoxy) is 1. The Labute approximate surface area is 109 Å². The Morgan fingerprint density at radius 1 is 1.41 bits per heavy atom. The highest BCUT2D eigenvalue weighted by molar-refractivity contribution is 7.13. The summed E-state index contributed by atoms with van der Waals surface area (Å²) in [4.78, 5) is 4.66. The predicted molar refractivity (Wildman–Crippen MR) is 69.0 cm³/mol. The van der Waals surface area contributed by atoms with Crippen LogP contribution in [-0.4, -0.2) is 10.1 Å². The molecule has 1 aromatic heterocycles. The quantitative estimate of drug-likeness (QED) is 0.924. The SMILES string of the molecule is Cc1ccc(Oc2nc(Cl)c(CO)s2)c(C)c1. The summed E-state index contributed by atoms with van der Waals surface area (Å²) in [5.41, 5.74) is 2.23. The van der Waals surface area contributed by atoms with Gasteiger partial charge in [0.25, 0.3) is 5.19 Å². The number of aryl methyl sites for hydroxylation is 2. The largest absolute Gasteiger partial charge is 0.431 e. The second-order valence-corrected chi connectivity index (χ2v) is 5.13. The van der Waals surface area contributed by atoms with E-state index in [0.717, 1.165) is 11.3 Å². The topological polar surface area (TPSA) is 42.4 Å². The molecule has 0 saturated carbocycles. The van der Waals surface area contributed by atoms with E-state index in [4.69, 9.17) is 21.4 Å². The second kappa shape index (κ2) is 5.04. The fourth-order valence-corrected chi connectivity index (χ4v) is 2.44. The molecule has 0 aliphatic carbocycles. The molecule has 90 valence electrons. The summed E-state index contributed by atoms with van der Waals surface area (Å²) < 4.78 is 5.64. The molecule has 0 amide bonds. The highest BCUT2D eigenvalue weighted by Crippen LogP contribution is 2.33. The van der Waals surface area contributed by atoms with Gasteiger partial charge >= 0.3 is 0 Å². The smallest absolute Gasteiger partial charge is 0.280 e. The van der Waals surface area contributed by atoms with E-state index in [2.05, 4.69) is 4.98 Å². The van der Waals surface area contributed by atoms with Crippen molar-refractivity contribution in [3.63, 3.8) is 0 Å². The van der Waals surface area contributed by atoms with E-state index in [1.165, 1.54) is 16.9 Å². The number of rotatable bonds is 3. The third-order valence-corrected chi connectivity index (χ3v) is 3.64. The first kappa shape index (κ1) is 12.4. The van der Waals surface area contributed by atoms with Crippen molar-refractivity contribution in [2.45, 2.75) is 20.5 Å². The third-order valence-electron chi connectivity index (χ3n) is 2.30. The molecular formula is C12H12ClNO2S. The molecule has 0 aliphatic heterocycles. The zero-order valence-electron chi connectivity index (χ0n) is 9.53. The van der Waals surface area contributed by atoms with Crippen molar-refractivity contribution in [1.29, 1.82) is 0 Å². The zero-order valence-corrected chi connectivity index (χ0v) is 11.1. The Morgan fingerprint density at radius 3 is 2.76 bits per heavy atom. The molecule has 17 heavy (non-hydrogen) atoms. The van der Waals surface area contributed by atoms with E-state index < -0.39 is 0 Å². The normalized spacial score (nSPS) is 10.6. The van der Waals surface area contributed by atoms with Crippen molar-refractivity contribution in [2.24, 2.45) is 0 Å². The van der Waals surface area contributed by atoms with Crippen molar-refractivity contribution < 1.29 is 9.84 Å². The second-order valence-electron chi connectivity index (χ2n) is 3.72. The first-order valence-electron chi connectivity index (χ1n) is 5.11. The molecule has 1 aromatic carbocycles. The number of aliphatic hydroxyl groups excluding tert-OH is 1. The summed E-state index contributed by atoms with van der Waals surface area (Å²) in [6, 6.07) is 5.92. The van der Waals surface area contributed by atoms with Gasteiger partial charge in [-0.3, -0.25) is 0 Å². The standard InChI is InChI=1S/C12H12ClNO2S/c1-7-3-4-9(8(2)5-7)16-12-14-11(13)10(6-15)17-12/h3-5,15H,6H2,1-2H3. The van der Waals surface area contributed by atoms with E-state index in [-0.39, 0.29) is 6.61 Å². The summed E-state index contributed by atoms with van der Waals surface area (Å²) >= 11 is 7.09. The molecular weight excluding hydrogens is 258 g/mol. The molecule has 5 heteroatoms. The Bertz CT molecular complexity index is 539. The number of halogens is 1. The fraction of sp³-hybridized carbons (Fsp3) is 0.250. The van der Waals surface area contributed by atoms with Gasteiger partial charge in [-0.15, -0.1) is 0 Å². The van der Waals surface area contributed by atoms with E-state index >= 15 is 0 Å². The lowest BCUT2D eigenvalue weighted by molar-refractivity contribution is 0.285. The third kappa shape index (κ3) is 2.77. The van der Waals surface area contributed by atoms with Crippen LogP contribution in [0, 0.1) is 13.8 Å². The number of thiazole rings is 1. The van der Waals surface area contributed by atoms with Crippen LogP contribution in [0.4, 0.5) is 0 Å². The van der Waals surface area contributed by atoms with Gasteiger partial charge in [0.05, 0.1) is 11.5 Å². The number of hydrogen-bond acceptors (Lipinski definition) is 4. The number of nitrogens with zero attached hydrogens (tertiary/aromatic N) is 1. The summed E-state index contributed by atoms with van der Waals surface area (Å²) in [6.45, 7) is 3.89. The van der Waals surface area contributed by atoms with Gasteiger partial charge in [-0.05, 0) is 25.5 Å². The van der Waals surface area contributed by atoms with Gasteiger partial charge in [0.15, 0.2) is 0 Å². The average molecular weight is 270 g/mol. The number of aromatic nitrogens is 1. The number of hydrogen-bond donors (Lipinski definition) is 1. The molecule has 0 fully saturated rings. The molecule has 0 radical (unpaired) electrons. The minimum atomic E-state index is -0.118. The molecule has 0 saturated heterocycles. The van der Waals surface area contributed by atoms with Crippen LogP contribution in [0.2, 0.25) is 5.15 Å². The Balaban J connectivity index is 2.25. The molecule has 0 spiro atoms. The van der Waals surface area contributed by atoms with Crippen LogP contribution in [0.15, 0.2) is 18.2 Å². The minimum absolute atomic E-state index is 0.118. The summed E-state index contributed by atoms with van der Waals surface area (Å²) in [6.07, 6.45) is 0. The lowest BCUT2D eigenvalue weighted by Crippen LogP contribution is -1.87. The van der Waals surface area contributed by atoms with Crippen LogP contribution in [0.5, 0.6) is 10.9 Å². The van der Waals surface area contributed by atoms with Gasteiger partial charge in [0.1, 0.15) is 10.9 Å². The molecule has 0 bridgehead atoms. The zero-order chi connectivity index (χ0) is 12.4. The van der Waals surface area contributed by atoms with Gasteiger partial charge in [-0.25, -0.2) is 0 Å². The van der Waals surface area contributed by atoms with Gasteiger partial charge in [-0.2, -0.15) is 4.98 Å². The van der Waals surface area contributed by atoms with Crippen molar-refractivity contribution in [3.05, 3.63) is 39.4 Å². The fourth-order valence-electron chi connectivity index (χ4n) is 1.46. The van der Waals surface area contributed by atoms with E-state index in [1.807, 2.05) is 32.0 Å². The van der Waals surface area contributed by atoms with Gasteiger partial charge in [0, 0.05) is 0 Å². The molecule has 3 nitrogen and oxygen atoms in total. The highest BCUT2D eigenvalue weighted by Gasteiger charge is 2.11. The molecule has 2 rings (SSSR count). The minimum Gasteiger partial charge on any atom is -0.431 e. The number of aliphatic hydroxyl groups is 1. The molecule has 0 aliphatic rings. The lowest BCUT2D eigenvalue weighted by Gasteiger charge is -2.05.